The lowest BCUT2D eigenvalue weighted by Gasteiger charge is -2.19. The van der Waals surface area contributed by atoms with E-state index in [1.807, 2.05) is 0 Å². The summed E-state index contributed by atoms with van der Waals surface area (Å²) in [5.74, 6) is -0.357. The van der Waals surface area contributed by atoms with Gasteiger partial charge in [-0.15, -0.1) is 0 Å². The van der Waals surface area contributed by atoms with Crippen molar-refractivity contribution in [2.24, 2.45) is 5.92 Å². The Balaban J connectivity index is 1.41. The summed E-state index contributed by atoms with van der Waals surface area (Å²) in [6.45, 7) is 4.16. The van der Waals surface area contributed by atoms with Gasteiger partial charge in [0.05, 0.1) is 10.4 Å². The van der Waals surface area contributed by atoms with E-state index in [0.717, 1.165) is 19.5 Å². The molecule has 142 valence electrons. The van der Waals surface area contributed by atoms with E-state index < -0.39 is 15.8 Å². The fraction of sp³-hybridized carbons (Fsp3) is 0.316. The third kappa shape index (κ3) is 3.77. The summed E-state index contributed by atoms with van der Waals surface area (Å²) < 4.78 is 32.8. The Labute approximate surface area is 157 Å². The molecular weight excluding hydrogens is 366 g/mol. The number of rotatable bonds is 5. The van der Waals surface area contributed by atoms with Crippen LogP contribution >= 0.6 is 0 Å². The van der Waals surface area contributed by atoms with Crippen LogP contribution in [0.3, 0.4) is 0 Å². The van der Waals surface area contributed by atoms with Crippen LogP contribution in [0.1, 0.15) is 12.0 Å². The Morgan fingerprint density at radius 1 is 1.22 bits per heavy atom. The van der Waals surface area contributed by atoms with Crippen LogP contribution in [0.15, 0.2) is 56.6 Å². The molecule has 0 spiro atoms. The van der Waals surface area contributed by atoms with Gasteiger partial charge >= 0.3 is 5.76 Å². The molecule has 1 aromatic heterocycles. The van der Waals surface area contributed by atoms with Crippen LogP contribution in [0.25, 0.3) is 11.1 Å². The van der Waals surface area contributed by atoms with Crippen molar-refractivity contribution >= 4 is 26.8 Å². The Hall–Kier alpha value is -2.58. The molecule has 0 radical (unpaired) electrons. The first-order chi connectivity index (χ1) is 12.9. The molecule has 1 fully saturated rings. The average Bonchev–Trinajstić information content (AvgIpc) is 3.25. The van der Waals surface area contributed by atoms with Gasteiger partial charge in [0.1, 0.15) is 0 Å². The first kappa shape index (κ1) is 17.8. The zero-order chi connectivity index (χ0) is 19.0. The Morgan fingerprint density at radius 2 is 2.00 bits per heavy atom. The van der Waals surface area contributed by atoms with Gasteiger partial charge in [0.15, 0.2) is 5.58 Å². The molecule has 7 nitrogen and oxygen atoms in total. The molecule has 2 N–H and O–H groups in total. The lowest BCUT2D eigenvalue weighted by molar-refractivity contribution is 0.540. The number of nitrogens with zero attached hydrogens (tertiary/aromatic N) is 1. The van der Waals surface area contributed by atoms with E-state index in [4.69, 9.17) is 4.42 Å². The predicted molar refractivity (Wildman–Crippen MR) is 104 cm³/mol. The number of hydrogen-bond acceptors (Lipinski definition) is 5. The normalized spacial score (nSPS) is 17.7. The standard InChI is InChI=1S/C19H21N3O4S/c1-13-2-4-15(5-3-13)22-9-8-14(12-22)11-20-27(24,25)16-6-7-17-18(10-16)26-19(23)21-17/h2-7,10,14,20H,8-9,11-12H2,1H3,(H,21,23). The number of fused-ring (bicyclic) bond motifs is 1. The van der Waals surface area contributed by atoms with Crippen molar-refractivity contribution in [3.05, 3.63) is 58.6 Å². The highest BCUT2D eigenvalue weighted by molar-refractivity contribution is 7.89. The summed E-state index contributed by atoms with van der Waals surface area (Å²) in [7, 11) is -3.66. The van der Waals surface area contributed by atoms with E-state index in [1.54, 1.807) is 0 Å². The maximum absolute atomic E-state index is 12.6. The van der Waals surface area contributed by atoms with E-state index >= 15 is 0 Å². The van der Waals surface area contributed by atoms with Crippen LogP contribution in [0, 0.1) is 12.8 Å². The number of aryl methyl sites for hydroxylation is 1. The number of hydrogen-bond donors (Lipinski definition) is 2. The largest absolute Gasteiger partial charge is 0.417 e. The van der Waals surface area contributed by atoms with Gasteiger partial charge in [0.2, 0.25) is 10.0 Å². The number of nitrogens with one attached hydrogen (secondary N) is 2. The summed E-state index contributed by atoms with van der Waals surface area (Å²) in [6, 6.07) is 12.7. The van der Waals surface area contributed by atoms with Crippen molar-refractivity contribution in [3.8, 4) is 0 Å². The van der Waals surface area contributed by atoms with Crippen LogP contribution in [0.4, 0.5) is 5.69 Å². The Kier molecular flexibility index (Phi) is 4.53. The lowest BCUT2D eigenvalue weighted by Crippen LogP contribution is -2.31. The first-order valence-corrected chi connectivity index (χ1v) is 10.3. The smallest absolute Gasteiger partial charge is 0.408 e. The van der Waals surface area contributed by atoms with E-state index in [-0.39, 0.29) is 16.4 Å². The van der Waals surface area contributed by atoms with E-state index in [1.165, 1.54) is 29.4 Å². The quantitative estimate of drug-likeness (QED) is 0.700. The fourth-order valence-electron chi connectivity index (χ4n) is 3.39. The van der Waals surface area contributed by atoms with Crippen LogP contribution in [-0.4, -0.2) is 33.0 Å². The molecule has 1 aliphatic heterocycles. The summed E-state index contributed by atoms with van der Waals surface area (Å²) in [5.41, 5.74) is 3.09. The molecule has 1 aliphatic rings. The number of anilines is 1. The van der Waals surface area contributed by atoms with Crippen molar-refractivity contribution in [3.63, 3.8) is 0 Å². The maximum Gasteiger partial charge on any atom is 0.417 e. The van der Waals surface area contributed by atoms with Gasteiger partial charge in [0.25, 0.3) is 0 Å². The predicted octanol–water partition coefficient (Wildman–Crippen LogP) is 2.23. The second-order valence-electron chi connectivity index (χ2n) is 6.96. The molecule has 0 aliphatic carbocycles. The third-order valence-corrected chi connectivity index (χ3v) is 6.37. The minimum Gasteiger partial charge on any atom is -0.408 e. The summed E-state index contributed by atoms with van der Waals surface area (Å²) in [4.78, 5) is 16.1. The average molecular weight is 387 g/mol. The number of oxazole rings is 1. The van der Waals surface area contributed by atoms with E-state index in [0.29, 0.717) is 12.1 Å². The Bertz CT molecular complexity index is 1120. The molecule has 1 saturated heterocycles. The molecule has 2 aromatic carbocycles. The Morgan fingerprint density at radius 3 is 2.78 bits per heavy atom. The molecule has 4 rings (SSSR count). The van der Waals surface area contributed by atoms with Gasteiger partial charge in [-0.1, -0.05) is 17.7 Å². The molecule has 0 saturated carbocycles. The van der Waals surface area contributed by atoms with Crippen molar-refractivity contribution in [2.45, 2.75) is 18.2 Å². The van der Waals surface area contributed by atoms with Crippen molar-refractivity contribution in [1.29, 1.82) is 0 Å². The lowest BCUT2D eigenvalue weighted by atomic mass is 10.1. The second kappa shape index (κ2) is 6.86. The minimum atomic E-state index is -3.66. The van der Waals surface area contributed by atoms with Gasteiger partial charge in [-0.05, 0) is 43.5 Å². The number of aromatic nitrogens is 1. The molecule has 1 atom stereocenters. The number of sulfonamides is 1. The van der Waals surface area contributed by atoms with E-state index in [9.17, 15) is 13.2 Å². The monoisotopic (exact) mass is 387 g/mol. The van der Waals surface area contributed by atoms with Crippen molar-refractivity contribution in [1.82, 2.24) is 9.71 Å². The SMILES string of the molecule is Cc1ccc(N2CCC(CNS(=O)(=O)c3ccc4[nH]c(=O)oc4c3)C2)cc1. The molecular formula is C19H21N3O4S. The summed E-state index contributed by atoms with van der Waals surface area (Å²) in [5, 5.41) is 0. The highest BCUT2D eigenvalue weighted by atomic mass is 32.2. The van der Waals surface area contributed by atoms with Gasteiger partial charge in [0, 0.05) is 31.4 Å². The molecule has 0 amide bonds. The van der Waals surface area contributed by atoms with Gasteiger partial charge in [-0.3, -0.25) is 4.98 Å². The van der Waals surface area contributed by atoms with Crippen LogP contribution in [0.5, 0.6) is 0 Å². The van der Waals surface area contributed by atoms with Gasteiger partial charge in [-0.25, -0.2) is 17.9 Å². The molecule has 3 aromatic rings. The van der Waals surface area contributed by atoms with Gasteiger partial charge in [-0.2, -0.15) is 0 Å². The number of benzene rings is 2. The topological polar surface area (TPSA) is 95.4 Å². The summed E-state index contributed by atoms with van der Waals surface area (Å²) >= 11 is 0. The molecule has 1 unspecified atom stereocenters. The molecule has 27 heavy (non-hydrogen) atoms. The van der Waals surface area contributed by atoms with Crippen molar-refractivity contribution < 1.29 is 12.8 Å². The molecule has 2 heterocycles. The second-order valence-corrected chi connectivity index (χ2v) is 8.73. The fourth-order valence-corrected chi connectivity index (χ4v) is 4.52. The number of H-pyrrole nitrogens is 1. The van der Waals surface area contributed by atoms with E-state index in [2.05, 4.69) is 45.8 Å². The molecule has 8 heteroatoms. The first-order valence-electron chi connectivity index (χ1n) is 8.85. The maximum atomic E-state index is 12.6. The number of aromatic amines is 1. The van der Waals surface area contributed by atoms with Crippen LogP contribution in [0.2, 0.25) is 0 Å². The summed E-state index contributed by atoms with van der Waals surface area (Å²) in [6.07, 6.45) is 0.933. The zero-order valence-electron chi connectivity index (χ0n) is 14.9. The highest BCUT2D eigenvalue weighted by Crippen LogP contribution is 2.24. The van der Waals surface area contributed by atoms with Crippen molar-refractivity contribution in [2.75, 3.05) is 24.5 Å². The van der Waals surface area contributed by atoms with Crippen LogP contribution < -0.4 is 15.4 Å². The molecule has 0 bridgehead atoms. The third-order valence-electron chi connectivity index (χ3n) is 4.95. The van der Waals surface area contributed by atoms with Crippen LogP contribution in [-0.2, 0) is 10.0 Å². The highest BCUT2D eigenvalue weighted by Gasteiger charge is 2.25. The minimum absolute atomic E-state index is 0.0890. The zero-order valence-corrected chi connectivity index (χ0v) is 15.8. The van der Waals surface area contributed by atoms with Gasteiger partial charge < -0.3 is 9.32 Å².